The van der Waals surface area contributed by atoms with Gasteiger partial charge in [-0.1, -0.05) is 61.2 Å². The summed E-state index contributed by atoms with van der Waals surface area (Å²) in [6.07, 6.45) is 1.12. The van der Waals surface area contributed by atoms with Gasteiger partial charge in [0, 0.05) is 17.0 Å². The van der Waals surface area contributed by atoms with Gasteiger partial charge in [0.05, 0.1) is 0 Å². The maximum Gasteiger partial charge on any atom is 0.196 e. The van der Waals surface area contributed by atoms with Crippen LogP contribution in [-0.4, -0.2) is 20.5 Å². The minimum atomic E-state index is 0.893. The van der Waals surface area contributed by atoms with Crippen molar-refractivity contribution >= 4 is 11.8 Å². The van der Waals surface area contributed by atoms with Crippen molar-refractivity contribution in [2.75, 3.05) is 5.75 Å². The van der Waals surface area contributed by atoms with Crippen LogP contribution in [0, 0.1) is 6.92 Å². The van der Waals surface area contributed by atoms with Gasteiger partial charge < -0.3 is 0 Å². The van der Waals surface area contributed by atoms with Gasteiger partial charge >= 0.3 is 0 Å². The second-order valence-electron chi connectivity index (χ2n) is 5.20. The van der Waals surface area contributed by atoms with Crippen LogP contribution >= 0.6 is 11.8 Å². The monoisotopic (exact) mass is 309 g/mol. The van der Waals surface area contributed by atoms with Crippen LogP contribution in [0.4, 0.5) is 0 Å². The van der Waals surface area contributed by atoms with Gasteiger partial charge in [-0.15, -0.1) is 10.2 Å². The summed E-state index contributed by atoms with van der Waals surface area (Å²) >= 11 is 1.75. The van der Waals surface area contributed by atoms with E-state index in [2.05, 4.69) is 65.0 Å². The first-order valence-electron chi connectivity index (χ1n) is 7.50. The Bertz CT molecular complexity index is 750. The highest BCUT2D eigenvalue weighted by molar-refractivity contribution is 7.99. The molecular weight excluding hydrogens is 290 g/mol. The summed E-state index contributed by atoms with van der Waals surface area (Å²) in [5.74, 6) is 1.93. The average molecular weight is 309 g/mol. The Morgan fingerprint density at radius 2 is 1.82 bits per heavy atom. The Balaban J connectivity index is 2.13. The zero-order chi connectivity index (χ0) is 15.4. The summed E-state index contributed by atoms with van der Waals surface area (Å²) in [6, 6.07) is 18.7. The second-order valence-corrected chi connectivity index (χ2v) is 6.26. The first-order valence-corrected chi connectivity index (χ1v) is 8.49. The van der Waals surface area contributed by atoms with Crippen LogP contribution < -0.4 is 0 Å². The maximum atomic E-state index is 4.44. The topological polar surface area (TPSA) is 30.7 Å². The molecule has 0 aliphatic heterocycles. The minimum absolute atomic E-state index is 0.893. The lowest BCUT2D eigenvalue weighted by atomic mass is 10.2. The molecule has 0 unspecified atom stereocenters. The van der Waals surface area contributed by atoms with Crippen LogP contribution in [0.3, 0.4) is 0 Å². The largest absolute Gasteiger partial charge is 0.270 e. The number of rotatable bonds is 5. The standard InChI is InChI=1S/C18H19N3S/c1-3-12-22-18-20-19-17(15-9-5-4-6-10-15)21(18)16-11-7-8-14(2)13-16/h4-11,13H,3,12H2,1-2H3. The van der Waals surface area contributed by atoms with Gasteiger partial charge in [0.2, 0.25) is 0 Å². The van der Waals surface area contributed by atoms with Gasteiger partial charge in [-0.2, -0.15) is 0 Å². The third-order valence-electron chi connectivity index (χ3n) is 3.36. The Morgan fingerprint density at radius 3 is 2.55 bits per heavy atom. The summed E-state index contributed by atoms with van der Waals surface area (Å²) < 4.78 is 2.16. The summed E-state index contributed by atoms with van der Waals surface area (Å²) in [6.45, 7) is 4.29. The lowest BCUT2D eigenvalue weighted by molar-refractivity contribution is 0.883. The van der Waals surface area contributed by atoms with Crippen LogP contribution in [-0.2, 0) is 0 Å². The normalized spacial score (nSPS) is 10.8. The first kappa shape index (κ1) is 14.9. The molecule has 112 valence electrons. The van der Waals surface area contributed by atoms with Crippen molar-refractivity contribution in [3.63, 3.8) is 0 Å². The van der Waals surface area contributed by atoms with E-state index in [0.29, 0.717) is 0 Å². The third kappa shape index (κ3) is 3.07. The quantitative estimate of drug-likeness (QED) is 0.637. The Kier molecular flexibility index (Phi) is 4.59. The van der Waals surface area contributed by atoms with Crippen LogP contribution in [0.25, 0.3) is 17.1 Å². The third-order valence-corrected chi connectivity index (χ3v) is 4.50. The number of nitrogens with zero attached hydrogens (tertiary/aromatic N) is 3. The SMILES string of the molecule is CCCSc1nnc(-c2ccccc2)n1-c1cccc(C)c1. The smallest absolute Gasteiger partial charge is 0.196 e. The van der Waals surface area contributed by atoms with Crippen LogP contribution in [0.1, 0.15) is 18.9 Å². The van der Waals surface area contributed by atoms with Crippen molar-refractivity contribution in [2.24, 2.45) is 0 Å². The molecule has 0 aliphatic carbocycles. The molecule has 0 radical (unpaired) electrons. The highest BCUT2D eigenvalue weighted by Gasteiger charge is 2.15. The van der Waals surface area contributed by atoms with Gasteiger partial charge in [0.25, 0.3) is 0 Å². The van der Waals surface area contributed by atoms with Crippen LogP contribution in [0.2, 0.25) is 0 Å². The van der Waals surface area contributed by atoms with E-state index in [-0.39, 0.29) is 0 Å². The highest BCUT2D eigenvalue weighted by Crippen LogP contribution is 2.28. The molecule has 4 heteroatoms. The predicted octanol–water partition coefficient (Wildman–Crippen LogP) is 4.74. The molecule has 0 saturated heterocycles. The van der Waals surface area contributed by atoms with E-state index in [4.69, 9.17) is 0 Å². The fraction of sp³-hybridized carbons (Fsp3) is 0.222. The molecule has 0 aliphatic rings. The molecule has 0 atom stereocenters. The molecule has 0 spiro atoms. The van der Waals surface area contributed by atoms with Crippen molar-refractivity contribution < 1.29 is 0 Å². The van der Waals surface area contributed by atoms with E-state index >= 15 is 0 Å². The molecule has 2 aromatic carbocycles. The number of aryl methyl sites for hydroxylation is 1. The molecule has 22 heavy (non-hydrogen) atoms. The molecule has 1 heterocycles. The van der Waals surface area contributed by atoms with Crippen molar-refractivity contribution in [3.05, 3.63) is 60.2 Å². The number of aromatic nitrogens is 3. The molecule has 3 nitrogen and oxygen atoms in total. The molecular formula is C18H19N3S. The van der Waals surface area contributed by atoms with Crippen LogP contribution in [0.15, 0.2) is 59.8 Å². The highest BCUT2D eigenvalue weighted by atomic mass is 32.2. The van der Waals surface area contributed by atoms with Gasteiger partial charge in [-0.05, 0) is 31.0 Å². The summed E-state index contributed by atoms with van der Waals surface area (Å²) in [4.78, 5) is 0. The number of hydrogen-bond donors (Lipinski definition) is 0. The van der Waals surface area contributed by atoms with E-state index in [1.807, 2.05) is 18.2 Å². The average Bonchev–Trinajstić information content (AvgIpc) is 2.97. The molecule has 0 bridgehead atoms. The lowest BCUT2D eigenvalue weighted by Crippen LogP contribution is -2.00. The molecule has 0 fully saturated rings. The number of hydrogen-bond acceptors (Lipinski definition) is 3. The van der Waals surface area contributed by atoms with Crippen molar-refractivity contribution in [3.8, 4) is 17.1 Å². The molecule has 0 N–H and O–H groups in total. The van der Waals surface area contributed by atoms with Crippen molar-refractivity contribution in [1.29, 1.82) is 0 Å². The first-order chi connectivity index (χ1) is 10.8. The lowest BCUT2D eigenvalue weighted by Gasteiger charge is -2.10. The maximum absolute atomic E-state index is 4.44. The summed E-state index contributed by atoms with van der Waals surface area (Å²) in [5.41, 5.74) is 3.43. The van der Waals surface area contributed by atoms with E-state index in [0.717, 1.165) is 34.4 Å². The molecule has 0 saturated carbocycles. The fourth-order valence-electron chi connectivity index (χ4n) is 2.33. The summed E-state index contributed by atoms with van der Waals surface area (Å²) in [7, 11) is 0. The minimum Gasteiger partial charge on any atom is -0.270 e. The van der Waals surface area contributed by atoms with E-state index in [1.165, 1.54) is 5.56 Å². The molecule has 3 aromatic rings. The Morgan fingerprint density at radius 1 is 1.00 bits per heavy atom. The Labute approximate surface area is 135 Å². The van der Waals surface area contributed by atoms with Gasteiger partial charge in [0.15, 0.2) is 11.0 Å². The summed E-state index contributed by atoms with van der Waals surface area (Å²) in [5, 5.41) is 9.80. The zero-order valence-electron chi connectivity index (χ0n) is 12.9. The van der Waals surface area contributed by atoms with Crippen LogP contribution in [0.5, 0.6) is 0 Å². The van der Waals surface area contributed by atoms with Gasteiger partial charge in [0.1, 0.15) is 0 Å². The molecule has 0 amide bonds. The van der Waals surface area contributed by atoms with E-state index in [9.17, 15) is 0 Å². The van der Waals surface area contributed by atoms with Gasteiger partial charge in [-0.25, -0.2) is 0 Å². The molecule has 3 rings (SSSR count). The van der Waals surface area contributed by atoms with Crippen molar-refractivity contribution in [2.45, 2.75) is 25.4 Å². The second kappa shape index (κ2) is 6.79. The van der Waals surface area contributed by atoms with Crippen molar-refractivity contribution in [1.82, 2.24) is 14.8 Å². The zero-order valence-corrected chi connectivity index (χ0v) is 13.7. The molecule has 1 aromatic heterocycles. The fourth-order valence-corrected chi connectivity index (χ4v) is 3.14. The predicted molar refractivity (Wildman–Crippen MR) is 92.5 cm³/mol. The van der Waals surface area contributed by atoms with E-state index < -0.39 is 0 Å². The Hall–Kier alpha value is -2.07. The van der Waals surface area contributed by atoms with E-state index in [1.54, 1.807) is 11.8 Å². The van der Waals surface area contributed by atoms with Gasteiger partial charge in [-0.3, -0.25) is 4.57 Å². The number of benzene rings is 2. The number of thioether (sulfide) groups is 1.